The molecule has 5 heteroatoms. The highest BCUT2D eigenvalue weighted by Gasteiger charge is 2.13. The number of thiophene rings is 1. The highest BCUT2D eigenvalue weighted by molar-refractivity contribution is 7.17. The molecule has 0 saturated carbocycles. The quantitative estimate of drug-likeness (QED) is 0.556. The summed E-state index contributed by atoms with van der Waals surface area (Å²) in [7, 11) is 1.34. The molecule has 0 unspecified atom stereocenters. The second-order valence-electron chi connectivity index (χ2n) is 2.62. The van der Waals surface area contributed by atoms with E-state index in [2.05, 4.69) is 9.72 Å². The maximum absolute atomic E-state index is 11.3. The van der Waals surface area contributed by atoms with Crippen LogP contribution in [0.4, 0.5) is 0 Å². The molecule has 0 aliphatic carbocycles. The highest BCUT2D eigenvalue weighted by Crippen LogP contribution is 2.26. The van der Waals surface area contributed by atoms with Gasteiger partial charge in [0.05, 0.1) is 22.9 Å². The summed E-state index contributed by atoms with van der Waals surface area (Å²) in [5.74, 6) is -0.383. The minimum atomic E-state index is -0.383. The van der Waals surface area contributed by atoms with Gasteiger partial charge in [0.1, 0.15) is 5.15 Å². The fourth-order valence-electron chi connectivity index (χ4n) is 1.14. The Kier molecular flexibility index (Phi) is 2.39. The number of esters is 1. The predicted molar refractivity (Wildman–Crippen MR) is 56.0 cm³/mol. The van der Waals surface area contributed by atoms with Crippen molar-refractivity contribution >= 4 is 39.1 Å². The zero-order chi connectivity index (χ0) is 10.1. The molecule has 0 aliphatic rings. The number of fused-ring (bicyclic) bond motifs is 1. The van der Waals surface area contributed by atoms with Crippen LogP contribution in [-0.2, 0) is 4.74 Å². The summed E-state index contributed by atoms with van der Waals surface area (Å²) in [6.07, 6.45) is 0. The van der Waals surface area contributed by atoms with E-state index in [0.29, 0.717) is 16.2 Å². The lowest BCUT2D eigenvalue weighted by atomic mass is 10.3. The van der Waals surface area contributed by atoms with Crippen LogP contribution in [0.5, 0.6) is 0 Å². The first kappa shape index (κ1) is 9.43. The van der Waals surface area contributed by atoms with Crippen molar-refractivity contribution in [2.24, 2.45) is 0 Å². The number of hydrogen-bond donors (Lipinski definition) is 0. The lowest BCUT2D eigenvalue weighted by molar-refractivity contribution is 0.0603. The molecule has 0 saturated heterocycles. The first-order chi connectivity index (χ1) is 6.72. The maximum atomic E-state index is 11.3. The van der Waals surface area contributed by atoms with Crippen LogP contribution in [0, 0.1) is 0 Å². The van der Waals surface area contributed by atoms with Crippen molar-refractivity contribution < 1.29 is 9.53 Å². The number of aromatic nitrogens is 1. The van der Waals surface area contributed by atoms with Gasteiger partial charge in [-0.15, -0.1) is 11.3 Å². The van der Waals surface area contributed by atoms with Crippen LogP contribution in [0.15, 0.2) is 17.5 Å². The lowest BCUT2D eigenvalue weighted by Gasteiger charge is -1.96. The molecular formula is C9H6ClNO2S. The molecule has 2 aromatic rings. The first-order valence-corrected chi connectivity index (χ1v) is 5.10. The van der Waals surface area contributed by atoms with Crippen LogP contribution in [-0.4, -0.2) is 18.1 Å². The minimum Gasteiger partial charge on any atom is -0.465 e. The molecule has 72 valence electrons. The first-order valence-electron chi connectivity index (χ1n) is 3.84. The minimum absolute atomic E-state index is 0.376. The van der Waals surface area contributed by atoms with Gasteiger partial charge in [-0.05, 0) is 12.1 Å². The van der Waals surface area contributed by atoms with Crippen LogP contribution in [0.3, 0.4) is 0 Å². The smallest absolute Gasteiger partial charge is 0.340 e. The van der Waals surface area contributed by atoms with E-state index in [1.807, 2.05) is 6.07 Å². The van der Waals surface area contributed by atoms with Crippen molar-refractivity contribution in [1.29, 1.82) is 0 Å². The van der Waals surface area contributed by atoms with E-state index in [-0.39, 0.29) is 5.97 Å². The van der Waals surface area contributed by atoms with Gasteiger partial charge < -0.3 is 4.74 Å². The second kappa shape index (κ2) is 3.55. The number of rotatable bonds is 1. The monoisotopic (exact) mass is 227 g/mol. The van der Waals surface area contributed by atoms with Crippen LogP contribution >= 0.6 is 22.9 Å². The summed E-state index contributed by atoms with van der Waals surface area (Å²) in [5, 5.41) is 2.10. The fourth-order valence-corrected chi connectivity index (χ4v) is 2.16. The molecule has 2 aromatic heterocycles. The normalized spacial score (nSPS) is 10.4. The van der Waals surface area contributed by atoms with E-state index < -0.39 is 0 Å². The van der Waals surface area contributed by atoms with Crippen molar-refractivity contribution in [2.45, 2.75) is 0 Å². The number of nitrogens with zero attached hydrogens (tertiary/aromatic N) is 1. The molecule has 2 heterocycles. The molecule has 0 spiro atoms. The Balaban J connectivity index is 2.67. The topological polar surface area (TPSA) is 39.2 Å². The molecule has 0 aromatic carbocycles. The summed E-state index contributed by atoms with van der Waals surface area (Å²) in [4.78, 5) is 15.4. The SMILES string of the molecule is COC(=O)c1csc2ccc(Cl)nc12. The van der Waals surface area contributed by atoms with E-state index in [1.54, 1.807) is 11.4 Å². The number of pyridine rings is 1. The molecule has 0 aliphatic heterocycles. The Bertz CT molecular complexity index is 495. The summed E-state index contributed by atoms with van der Waals surface area (Å²) in [6.45, 7) is 0. The summed E-state index contributed by atoms with van der Waals surface area (Å²) < 4.78 is 5.55. The van der Waals surface area contributed by atoms with E-state index in [4.69, 9.17) is 11.6 Å². The number of hydrogen-bond acceptors (Lipinski definition) is 4. The van der Waals surface area contributed by atoms with E-state index in [9.17, 15) is 4.79 Å². The summed E-state index contributed by atoms with van der Waals surface area (Å²) >= 11 is 7.18. The van der Waals surface area contributed by atoms with Crippen molar-refractivity contribution in [3.8, 4) is 0 Å². The van der Waals surface area contributed by atoms with Gasteiger partial charge >= 0.3 is 5.97 Å². The Morgan fingerprint density at radius 1 is 1.57 bits per heavy atom. The molecule has 0 N–H and O–H groups in total. The van der Waals surface area contributed by atoms with Crippen LogP contribution in [0.25, 0.3) is 10.2 Å². The molecular weight excluding hydrogens is 222 g/mol. The Hall–Kier alpha value is -1.13. The summed E-state index contributed by atoms with van der Waals surface area (Å²) in [5.41, 5.74) is 1.07. The predicted octanol–water partition coefficient (Wildman–Crippen LogP) is 2.74. The number of carbonyl (C=O) groups is 1. The third kappa shape index (κ3) is 1.47. The van der Waals surface area contributed by atoms with E-state index in [1.165, 1.54) is 18.4 Å². The standard InChI is InChI=1S/C9H6ClNO2S/c1-13-9(12)5-4-14-6-2-3-7(10)11-8(5)6/h2-4H,1H3. The Morgan fingerprint density at radius 3 is 3.07 bits per heavy atom. The van der Waals surface area contributed by atoms with Gasteiger partial charge in [-0.2, -0.15) is 0 Å². The maximum Gasteiger partial charge on any atom is 0.340 e. The molecule has 0 fully saturated rings. The molecule has 0 radical (unpaired) electrons. The van der Waals surface area contributed by atoms with Crippen molar-refractivity contribution in [3.63, 3.8) is 0 Å². The third-order valence-electron chi connectivity index (χ3n) is 1.79. The lowest BCUT2D eigenvalue weighted by Crippen LogP contribution is -2.00. The van der Waals surface area contributed by atoms with Gasteiger partial charge in [0.25, 0.3) is 0 Å². The molecule has 2 rings (SSSR count). The van der Waals surface area contributed by atoms with Gasteiger partial charge in [0, 0.05) is 5.38 Å². The van der Waals surface area contributed by atoms with E-state index in [0.717, 1.165) is 4.70 Å². The van der Waals surface area contributed by atoms with Gasteiger partial charge in [0.15, 0.2) is 0 Å². The van der Waals surface area contributed by atoms with Gasteiger partial charge in [0.2, 0.25) is 0 Å². The van der Waals surface area contributed by atoms with Crippen LogP contribution < -0.4 is 0 Å². The zero-order valence-electron chi connectivity index (χ0n) is 7.28. The highest BCUT2D eigenvalue weighted by atomic mass is 35.5. The zero-order valence-corrected chi connectivity index (χ0v) is 8.85. The second-order valence-corrected chi connectivity index (χ2v) is 3.92. The Labute approximate surface area is 89.3 Å². The average molecular weight is 228 g/mol. The fraction of sp³-hybridized carbons (Fsp3) is 0.111. The third-order valence-corrected chi connectivity index (χ3v) is 2.94. The molecule has 14 heavy (non-hydrogen) atoms. The average Bonchev–Trinajstić information content (AvgIpc) is 2.59. The van der Waals surface area contributed by atoms with Crippen molar-refractivity contribution in [2.75, 3.05) is 7.11 Å². The summed E-state index contributed by atoms with van der Waals surface area (Å²) in [6, 6.07) is 3.53. The van der Waals surface area contributed by atoms with Gasteiger partial charge in [-0.1, -0.05) is 11.6 Å². The number of methoxy groups -OCH3 is 1. The van der Waals surface area contributed by atoms with Crippen LogP contribution in [0.2, 0.25) is 5.15 Å². The number of ether oxygens (including phenoxy) is 1. The van der Waals surface area contributed by atoms with Crippen LogP contribution in [0.1, 0.15) is 10.4 Å². The van der Waals surface area contributed by atoms with Crippen molar-refractivity contribution in [1.82, 2.24) is 4.98 Å². The molecule has 3 nitrogen and oxygen atoms in total. The van der Waals surface area contributed by atoms with E-state index >= 15 is 0 Å². The van der Waals surface area contributed by atoms with Gasteiger partial charge in [-0.3, -0.25) is 0 Å². The van der Waals surface area contributed by atoms with Crippen molar-refractivity contribution in [3.05, 3.63) is 28.2 Å². The van der Waals surface area contributed by atoms with Gasteiger partial charge in [-0.25, -0.2) is 9.78 Å². The molecule has 0 atom stereocenters. The molecule has 0 bridgehead atoms. The molecule has 0 amide bonds. The number of halogens is 1. The number of carbonyl (C=O) groups excluding carboxylic acids is 1. The Morgan fingerprint density at radius 2 is 2.36 bits per heavy atom. The largest absolute Gasteiger partial charge is 0.465 e.